The zero-order valence-electron chi connectivity index (χ0n) is 15.2. The summed E-state index contributed by atoms with van der Waals surface area (Å²) in [6.07, 6.45) is 7.90. The molecule has 1 atom stereocenters. The SMILES string of the molecule is NCCC(=O)NCC1CCCCN1C(=O)CN1CCCCCCC1=O. The minimum Gasteiger partial charge on any atom is -0.354 e. The normalized spacial score (nSPS) is 22.3. The molecule has 2 aliphatic rings. The zero-order chi connectivity index (χ0) is 18.1. The van der Waals surface area contributed by atoms with Crippen molar-refractivity contribution in [2.75, 3.05) is 32.7 Å². The van der Waals surface area contributed by atoms with Crippen molar-refractivity contribution in [1.82, 2.24) is 15.1 Å². The molecule has 7 nitrogen and oxygen atoms in total. The van der Waals surface area contributed by atoms with Crippen LogP contribution in [0, 0.1) is 0 Å². The van der Waals surface area contributed by atoms with Crippen LogP contribution in [-0.4, -0.2) is 66.3 Å². The zero-order valence-corrected chi connectivity index (χ0v) is 15.2. The standard InChI is InChI=1S/C18H32N4O3/c19-10-9-16(23)20-13-15-7-4-6-12-22(15)18(25)14-21-11-5-2-1-3-8-17(21)24/h15H,1-14,19H2,(H,20,23). The number of likely N-dealkylation sites (tertiary alicyclic amines) is 2. The highest BCUT2D eigenvalue weighted by Gasteiger charge is 2.29. The highest BCUT2D eigenvalue weighted by atomic mass is 16.2. The van der Waals surface area contributed by atoms with Gasteiger partial charge in [0, 0.05) is 45.1 Å². The van der Waals surface area contributed by atoms with Crippen LogP contribution in [0.3, 0.4) is 0 Å². The molecule has 3 N–H and O–H groups in total. The lowest BCUT2D eigenvalue weighted by Crippen LogP contribution is -2.53. The molecule has 0 radical (unpaired) electrons. The average Bonchev–Trinajstić information content (AvgIpc) is 2.60. The summed E-state index contributed by atoms with van der Waals surface area (Å²) < 4.78 is 0. The molecular weight excluding hydrogens is 320 g/mol. The van der Waals surface area contributed by atoms with E-state index in [1.165, 1.54) is 0 Å². The van der Waals surface area contributed by atoms with Crippen LogP contribution in [0.4, 0.5) is 0 Å². The predicted molar refractivity (Wildman–Crippen MR) is 95.7 cm³/mol. The number of piperidine rings is 1. The van der Waals surface area contributed by atoms with Gasteiger partial charge < -0.3 is 20.9 Å². The average molecular weight is 352 g/mol. The number of rotatable bonds is 6. The number of amides is 3. The molecule has 2 heterocycles. The maximum absolute atomic E-state index is 12.8. The molecule has 3 amide bonds. The highest BCUT2D eigenvalue weighted by molar-refractivity contribution is 5.85. The van der Waals surface area contributed by atoms with Crippen molar-refractivity contribution in [1.29, 1.82) is 0 Å². The molecule has 0 aromatic heterocycles. The molecule has 2 rings (SSSR count). The second-order valence-corrected chi connectivity index (χ2v) is 7.06. The van der Waals surface area contributed by atoms with Crippen LogP contribution in [-0.2, 0) is 14.4 Å². The van der Waals surface area contributed by atoms with Crippen LogP contribution < -0.4 is 11.1 Å². The van der Waals surface area contributed by atoms with Crippen molar-refractivity contribution in [2.45, 2.75) is 63.8 Å². The highest BCUT2D eigenvalue weighted by Crippen LogP contribution is 2.18. The largest absolute Gasteiger partial charge is 0.354 e. The van der Waals surface area contributed by atoms with Gasteiger partial charge in [0.25, 0.3) is 0 Å². The fourth-order valence-corrected chi connectivity index (χ4v) is 3.63. The Morgan fingerprint density at radius 3 is 2.64 bits per heavy atom. The lowest BCUT2D eigenvalue weighted by molar-refractivity contribution is -0.143. The Morgan fingerprint density at radius 1 is 1.08 bits per heavy atom. The summed E-state index contributed by atoms with van der Waals surface area (Å²) in [5, 5.41) is 2.88. The quantitative estimate of drug-likeness (QED) is 0.733. The van der Waals surface area contributed by atoms with Gasteiger partial charge in [-0.3, -0.25) is 14.4 Å². The second kappa shape index (κ2) is 10.4. The third kappa shape index (κ3) is 6.30. The van der Waals surface area contributed by atoms with Gasteiger partial charge in [-0.05, 0) is 32.1 Å². The van der Waals surface area contributed by atoms with Crippen molar-refractivity contribution < 1.29 is 14.4 Å². The monoisotopic (exact) mass is 352 g/mol. The number of nitrogens with zero attached hydrogens (tertiary/aromatic N) is 2. The van der Waals surface area contributed by atoms with Gasteiger partial charge in [-0.25, -0.2) is 0 Å². The van der Waals surface area contributed by atoms with Crippen LogP contribution in [0.5, 0.6) is 0 Å². The fraction of sp³-hybridized carbons (Fsp3) is 0.833. The summed E-state index contributed by atoms with van der Waals surface area (Å²) >= 11 is 0. The van der Waals surface area contributed by atoms with Gasteiger partial charge >= 0.3 is 0 Å². The van der Waals surface area contributed by atoms with Crippen molar-refractivity contribution in [3.63, 3.8) is 0 Å². The van der Waals surface area contributed by atoms with E-state index in [0.29, 0.717) is 39.0 Å². The Labute approximate surface area is 150 Å². The minimum atomic E-state index is -0.0700. The third-order valence-electron chi connectivity index (χ3n) is 5.10. The van der Waals surface area contributed by atoms with E-state index >= 15 is 0 Å². The topological polar surface area (TPSA) is 95.7 Å². The summed E-state index contributed by atoms with van der Waals surface area (Å²) in [4.78, 5) is 40.3. The maximum Gasteiger partial charge on any atom is 0.242 e. The summed E-state index contributed by atoms with van der Waals surface area (Å²) in [5.41, 5.74) is 5.39. The molecule has 142 valence electrons. The van der Waals surface area contributed by atoms with E-state index in [0.717, 1.165) is 44.9 Å². The Balaban J connectivity index is 1.89. The first-order valence-electron chi connectivity index (χ1n) is 9.66. The van der Waals surface area contributed by atoms with Crippen LogP contribution in [0.15, 0.2) is 0 Å². The van der Waals surface area contributed by atoms with Crippen molar-refractivity contribution >= 4 is 17.7 Å². The third-order valence-corrected chi connectivity index (χ3v) is 5.10. The summed E-state index contributed by atoms with van der Waals surface area (Å²) in [6, 6.07) is 0.0211. The maximum atomic E-state index is 12.8. The number of carbonyl (C=O) groups excluding carboxylic acids is 3. The van der Waals surface area contributed by atoms with E-state index < -0.39 is 0 Å². The smallest absolute Gasteiger partial charge is 0.242 e. The van der Waals surface area contributed by atoms with Gasteiger partial charge in [-0.1, -0.05) is 12.8 Å². The molecule has 0 aliphatic carbocycles. The molecule has 1 unspecified atom stereocenters. The molecule has 2 fully saturated rings. The van der Waals surface area contributed by atoms with Gasteiger partial charge in [0.1, 0.15) is 0 Å². The number of nitrogens with one attached hydrogen (secondary N) is 1. The summed E-state index contributed by atoms with van der Waals surface area (Å²) in [5.74, 6) is 0.0315. The first kappa shape index (κ1) is 19.7. The predicted octanol–water partition coefficient (Wildman–Crippen LogP) is 0.625. The number of hydrogen-bond acceptors (Lipinski definition) is 4. The van der Waals surface area contributed by atoms with Gasteiger partial charge in [0.2, 0.25) is 17.7 Å². The Morgan fingerprint density at radius 2 is 1.84 bits per heavy atom. The molecule has 2 aliphatic heterocycles. The van der Waals surface area contributed by atoms with E-state index in [1.807, 2.05) is 4.90 Å². The Kier molecular flexibility index (Phi) is 8.18. The lowest BCUT2D eigenvalue weighted by atomic mass is 10.0. The fourth-order valence-electron chi connectivity index (χ4n) is 3.63. The van der Waals surface area contributed by atoms with Crippen molar-refractivity contribution in [3.05, 3.63) is 0 Å². The summed E-state index contributed by atoms with van der Waals surface area (Å²) in [7, 11) is 0. The molecule has 2 saturated heterocycles. The van der Waals surface area contributed by atoms with Crippen LogP contribution >= 0.6 is 0 Å². The molecular formula is C18H32N4O3. The Bertz CT molecular complexity index is 469. The van der Waals surface area contributed by atoms with Gasteiger partial charge in [0.05, 0.1) is 6.54 Å². The van der Waals surface area contributed by atoms with E-state index in [1.54, 1.807) is 4.90 Å². The van der Waals surface area contributed by atoms with Crippen LogP contribution in [0.1, 0.15) is 57.8 Å². The minimum absolute atomic E-state index is 0.00620. The van der Waals surface area contributed by atoms with Crippen LogP contribution in [0.2, 0.25) is 0 Å². The molecule has 0 spiro atoms. The number of hydrogen-bond donors (Lipinski definition) is 2. The van der Waals surface area contributed by atoms with Gasteiger partial charge in [-0.2, -0.15) is 0 Å². The van der Waals surface area contributed by atoms with E-state index in [9.17, 15) is 14.4 Å². The molecule has 7 heteroatoms. The summed E-state index contributed by atoms with van der Waals surface area (Å²) in [6.45, 7) is 2.36. The number of nitrogens with two attached hydrogens (primary N) is 1. The second-order valence-electron chi connectivity index (χ2n) is 7.06. The molecule has 0 saturated carbocycles. The molecule has 25 heavy (non-hydrogen) atoms. The lowest BCUT2D eigenvalue weighted by Gasteiger charge is -2.37. The van der Waals surface area contributed by atoms with Crippen molar-refractivity contribution in [2.24, 2.45) is 5.73 Å². The number of carbonyl (C=O) groups is 3. The molecule has 0 aromatic rings. The first-order chi connectivity index (χ1) is 12.1. The van der Waals surface area contributed by atoms with E-state index in [-0.39, 0.29) is 30.3 Å². The van der Waals surface area contributed by atoms with E-state index in [2.05, 4.69) is 5.32 Å². The Hall–Kier alpha value is -1.63. The first-order valence-corrected chi connectivity index (χ1v) is 9.66. The van der Waals surface area contributed by atoms with E-state index in [4.69, 9.17) is 5.73 Å². The molecule has 0 bridgehead atoms. The van der Waals surface area contributed by atoms with Crippen LogP contribution in [0.25, 0.3) is 0 Å². The van der Waals surface area contributed by atoms with Gasteiger partial charge in [0.15, 0.2) is 0 Å². The molecule has 0 aromatic carbocycles. The van der Waals surface area contributed by atoms with Crippen molar-refractivity contribution in [3.8, 4) is 0 Å². The van der Waals surface area contributed by atoms with Gasteiger partial charge in [-0.15, -0.1) is 0 Å².